The Morgan fingerprint density at radius 2 is 1.93 bits per heavy atom. The van der Waals surface area contributed by atoms with Gasteiger partial charge in [-0.15, -0.1) is 0 Å². The van der Waals surface area contributed by atoms with Crippen molar-refractivity contribution in [3.05, 3.63) is 53.6 Å². The molecule has 0 atom stereocenters. The topological polar surface area (TPSA) is 35.0 Å². The van der Waals surface area contributed by atoms with Gasteiger partial charge in [-0.25, -0.2) is 9.37 Å². The first-order valence-corrected chi connectivity index (χ1v) is 9.47. The van der Waals surface area contributed by atoms with E-state index in [0.717, 1.165) is 17.4 Å². The van der Waals surface area contributed by atoms with Crippen LogP contribution in [0.3, 0.4) is 0 Å². The van der Waals surface area contributed by atoms with Crippen molar-refractivity contribution in [3.63, 3.8) is 0 Å². The SMILES string of the molecule is CC(C)CC(C)(C)COc1ccc(-c2ccnc3cc(F)ccc23)nc1Cl. The molecule has 0 bridgehead atoms. The third-order valence-corrected chi connectivity index (χ3v) is 4.65. The highest BCUT2D eigenvalue weighted by molar-refractivity contribution is 6.31. The van der Waals surface area contributed by atoms with Crippen LogP contribution in [0.4, 0.5) is 4.39 Å². The van der Waals surface area contributed by atoms with E-state index in [1.807, 2.05) is 18.2 Å². The third kappa shape index (κ3) is 4.75. The Bertz CT molecular complexity index is 956. The summed E-state index contributed by atoms with van der Waals surface area (Å²) in [6, 6.07) is 10.1. The number of ether oxygens (including phenoxy) is 1. The van der Waals surface area contributed by atoms with Gasteiger partial charge in [0.1, 0.15) is 5.82 Å². The molecule has 0 unspecified atom stereocenters. The van der Waals surface area contributed by atoms with Crippen LogP contribution < -0.4 is 4.74 Å². The fourth-order valence-corrected chi connectivity index (χ4v) is 3.67. The van der Waals surface area contributed by atoms with Gasteiger partial charge in [-0.2, -0.15) is 0 Å². The number of hydrogen-bond acceptors (Lipinski definition) is 3. The molecule has 0 fully saturated rings. The van der Waals surface area contributed by atoms with Crippen LogP contribution in [-0.4, -0.2) is 16.6 Å². The smallest absolute Gasteiger partial charge is 0.171 e. The number of hydrogen-bond donors (Lipinski definition) is 0. The summed E-state index contributed by atoms with van der Waals surface area (Å²) in [6.45, 7) is 9.35. The molecule has 0 aliphatic carbocycles. The summed E-state index contributed by atoms with van der Waals surface area (Å²) >= 11 is 6.38. The van der Waals surface area contributed by atoms with Gasteiger partial charge in [0.25, 0.3) is 0 Å². The molecule has 27 heavy (non-hydrogen) atoms. The molecule has 142 valence electrons. The van der Waals surface area contributed by atoms with Gasteiger partial charge in [-0.3, -0.25) is 4.98 Å². The zero-order valence-corrected chi connectivity index (χ0v) is 16.8. The lowest BCUT2D eigenvalue weighted by Gasteiger charge is -2.26. The van der Waals surface area contributed by atoms with Gasteiger partial charge in [-0.1, -0.05) is 39.3 Å². The summed E-state index contributed by atoms with van der Waals surface area (Å²) in [5, 5.41) is 1.15. The van der Waals surface area contributed by atoms with Crippen molar-refractivity contribution in [2.24, 2.45) is 11.3 Å². The van der Waals surface area contributed by atoms with Gasteiger partial charge in [0.05, 0.1) is 17.8 Å². The van der Waals surface area contributed by atoms with E-state index < -0.39 is 0 Å². The van der Waals surface area contributed by atoms with Gasteiger partial charge < -0.3 is 4.74 Å². The Hall–Kier alpha value is -2.20. The second kappa shape index (κ2) is 7.81. The summed E-state index contributed by atoms with van der Waals surface area (Å²) in [7, 11) is 0. The molecule has 0 saturated carbocycles. The second-order valence-electron chi connectivity index (χ2n) is 8.06. The molecule has 0 N–H and O–H groups in total. The van der Waals surface area contributed by atoms with E-state index in [1.54, 1.807) is 12.3 Å². The quantitative estimate of drug-likeness (QED) is 0.451. The molecule has 0 amide bonds. The number of nitrogens with zero attached hydrogens (tertiary/aromatic N) is 2. The standard InChI is InChI=1S/C22H24ClFN2O/c1-14(2)12-22(3,4)13-27-20-8-7-18(26-21(20)23)17-9-10-25-19-11-15(24)5-6-16(17)19/h5-11,14H,12-13H2,1-4H3. The Morgan fingerprint density at radius 3 is 2.63 bits per heavy atom. The number of halogens is 2. The molecular weight excluding hydrogens is 363 g/mol. The summed E-state index contributed by atoms with van der Waals surface area (Å²) in [4.78, 5) is 8.72. The largest absolute Gasteiger partial charge is 0.490 e. The van der Waals surface area contributed by atoms with Crippen LogP contribution in [0.2, 0.25) is 5.15 Å². The molecule has 0 radical (unpaired) electrons. The van der Waals surface area contributed by atoms with Crippen molar-refractivity contribution < 1.29 is 9.13 Å². The highest BCUT2D eigenvalue weighted by atomic mass is 35.5. The first-order valence-electron chi connectivity index (χ1n) is 9.09. The van der Waals surface area contributed by atoms with Gasteiger partial charge in [0, 0.05) is 23.2 Å². The van der Waals surface area contributed by atoms with Crippen LogP contribution in [0, 0.1) is 17.2 Å². The molecule has 0 saturated heterocycles. The van der Waals surface area contributed by atoms with Crippen molar-refractivity contribution in [1.82, 2.24) is 9.97 Å². The Kier molecular flexibility index (Phi) is 5.66. The predicted octanol–water partition coefficient (Wildman–Crippen LogP) is 6.54. The Morgan fingerprint density at radius 1 is 1.15 bits per heavy atom. The third-order valence-electron chi connectivity index (χ3n) is 4.37. The molecule has 3 aromatic rings. The van der Waals surface area contributed by atoms with E-state index in [4.69, 9.17) is 16.3 Å². The van der Waals surface area contributed by atoms with E-state index in [-0.39, 0.29) is 11.2 Å². The van der Waals surface area contributed by atoms with Gasteiger partial charge >= 0.3 is 0 Å². The molecule has 1 aromatic carbocycles. The number of pyridine rings is 2. The van der Waals surface area contributed by atoms with Crippen molar-refractivity contribution in [1.29, 1.82) is 0 Å². The minimum Gasteiger partial charge on any atom is -0.490 e. The van der Waals surface area contributed by atoms with Gasteiger partial charge in [0.15, 0.2) is 10.9 Å². The first-order chi connectivity index (χ1) is 12.7. The monoisotopic (exact) mass is 386 g/mol. The molecular formula is C22H24ClFN2O. The van der Waals surface area contributed by atoms with Crippen LogP contribution in [0.15, 0.2) is 42.6 Å². The lowest BCUT2D eigenvalue weighted by Crippen LogP contribution is -2.23. The molecule has 0 spiro atoms. The van der Waals surface area contributed by atoms with Crippen LogP contribution in [0.5, 0.6) is 5.75 Å². The maximum absolute atomic E-state index is 13.5. The van der Waals surface area contributed by atoms with Crippen molar-refractivity contribution in [2.75, 3.05) is 6.61 Å². The molecule has 3 rings (SSSR count). The van der Waals surface area contributed by atoms with Crippen molar-refractivity contribution in [3.8, 4) is 17.0 Å². The molecule has 5 heteroatoms. The number of aromatic nitrogens is 2. The van der Waals surface area contributed by atoms with Crippen LogP contribution >= 0.6 is 11.6 Å². The normalized spacial score (nSPS) is 12.0. The van der Waals surface area contributed by atoms with Crippen molar-refractivity contribution >= 4 is 22.5 Å². The second-order valence-corrected chi connectivity index (χ2v) is 8.41. The highest BCUT2D eigenvalue weighted by Crippen LogP contribution is 2.32. The zero-order valence-electron chi connectivity index (χ0n) is 16.1. The maximum Gasteiger partial charge on any atom is 0.171 e. The fourth-order valence-electron chi connectivity index (χ4n) is 3.46. The van der Waals surface area contributed by atoms with E-state index in [0.29, 0.717) is 34.6 Å². The Balaban J connectivity index is 1.85. The molecule has 0 aliphatic heterocycles. The highest BCUT2D eigenvalue weighted by Gasteiger charge is 2.21. The summed E-state index contributed by atoms with van der Waals surface area (Å²) in [6.07, 6.45) is 2.71. The lowest BCUT2D eigenvalue weighted by atomic mass is 9.85. The zero-order chi connectivity index (χ0) is 19.6. The summed E-state index contributed by atoms with van der Waals surface area (Å²) in [5.74, 6) is 0.858. The van der Waals surface area contributed by atoms with Gasteiger partial charge in [0.2, 0.25) is 0 Å². The lowest BCUT2D eigenvalue weighted by molar-refractivity contribution is 0.153. The fraction of sp³-hybridized carbons (Fsp3) is 0.364. The Labute approximate surface area is 164 Å². The minimum atomic E-state index is -0.314. The van der Waals surface area contributed by atoms with E-state index in [9.17, 15) is 4.39 Å². The number of rotatable bonds is 6. The molecule has 2 heterocycles. The molecule has 3 nitrogen and oxygen atoms in total. The van der Waals surface area contributed by atoms with Gasteiger partial charge in [-0.05, 0) is 48.1 Å². The van der Waals surface area contributed by atoms with E-state index in [1.165, 1.54) is 12.1 Å². The van der Waals surface area contributed by atoms with Crippen LogP contribution in [-0.2, 0) is 0 Å². The summed E-state index contributed by atoms with van der Waals surface area (Å²) in [5.41, 5.74) is 2.20. The maximum atomic E-state index is 13.5. The molecule has 0 aliphatic rings. The van der Waals surface area contributed by atoms with E-state index >= 15 is 0 Å². The first kappa shape index (κ1) is 19.6. The molecule has 2 aromatic heterocycles. The number of benzene rings is 1. The van der Waals surface area contributed by atoms with Crippen molar-refractivity contribution in [2.45, 2.75) is 34.1 Å². The average Bonchev–Trinajstić information content (AvgIpc) is 2.58. The number of fused-ring (bicyclic) bond motifs is 1. The summed E-state index contributed by atoms with van der Waals surface area (Å²) < 4.78 is 19.4. The minimum absolute atomic E-state index is 0.0571. The van der Waals surface area contributed by atoms with Crippen LogP contribution in [0.1, 0.15) is 34.1 Å². The average molecular weight is 387 g/mol. The van der Waals surface area contributed by atoms with E-state index in [2.05, 4.69) is 37.7 Å². The predicted molar refractivity (Wildman–Crippen MR) is 109 cm³/mol. The van der Waals surface area contributed by atoms with Crippen LogP contribution in [0.25, 0.3) is 22.2 Å².